The van der Waals surface area contributed by atoms with E-state index in [9.17, 15) is 4.79 Å². The molecule has 3 aliphatic heterocycles. The molecule has 25 heavy (non-hydrogen) atoms. The minimum Gasteiger partial charge on any atom is -0.364 e. The van der Waals surface area contributed by atoms with Crippen LogP contribution in [0.25, 0.3) is 10.9 Å². The van der Waals surface area contributed by atoms with Gasteiger partial charge in [0.15, 0.2) is 5.69 Å². The number of carbonyl (C=O) groups excluding carboxylic acids is 1. The summed E-state index contributed by atoms with van der Waals surface area (Å²) >= 11 is 0. The van der Waals surface area contributed by atoms with Gasteiger partial charge in [-0.3, -0.25) is 9.48 Å². The first-order chi connectivity index (χ1) is 12.2. The minimum absolute atomic E-state index is 0.317. The van der Waals surface area contributed by atoms with E-state index >= 15 is 0 Å². The second-order valence-electron chi connectivity index (χ2n) is 7.15. The number of hydrogen-bond acceptors (Lipinski definition) is 3. The van der Waals surface area contributed by atoms with Crippen molar-refractivity contribution in [3.8, 4) is 11.8 Å². The number of unbranched alkanes of at least 4 members (excludes halogenated alkanes) is 1. The van der Waals surface area contributed by atoms with Crippen molar-refractivity contribution < 1.29 is 4.79 Å². The van der Waals surface area contributed by atoms with Crippen molar-refractivity contribution in [2.24, 2.45) is 11.7 Å². The first-order valence-electron chi connectivity index (χ1n) is 9.20. The Morgan fingerprint density at radius 2 is 2.16 bits per heavy atom. The highest BCUT2D eigenvalue weighted by atomic mass is 16.1. The molecule has 5 heteroatoms. The van der Waals surface area contributed by atoms with Crippen LogP contribution < -0.4 is 5.73 Å². The summed E-state index contributed by atoms with van der Waals surface area (Å²) in [4.78, 5) is 14.4. The third-order valence-electron chi connectivity index (χ3n) is 5.48. The van der Waals surface area contributed by atoms with Gasteiger partial charge in [-0.15, -0.1) is 0 Å². The molecule has 2 N–H and O–H groups in total. The largest absolute Gasteiger partial charge is 0.364 e. The molecule has 1 atom stereocenters. The molecule has 5 nitrogen and oxygen atoms in total. The number of nitrogens with two attached hydrogens (primary N) is 1. The molecule has 2 aromatic rings. The van der Waals surface area contributed by atoms with Gasteiger partial charge in [0.05, 0.1) is 11.6 Å². The van der Waals surface area contributed by atoms with Gasteiger partial charge in [0, 0.05) is 23.9 Å². The number of benzene rings is 1. The molecule has 0 aliphatic carbocycles. The molecule has 3 fully saturated rings. The van der Waals surface area contributed by atoms with Gasteiger partial charge in [-0.05, 0) is 56.5 Å². The van der Waals surface area contributed by atoms with Crippen LogP contribution in [-0.4, -0.2) is 40.2 Å². The van der Waals surface area contributed by atoms with E-state index in [-0.39, 0.29) is 0 Å². The van der Waals surface area contributed by atoms with Crippen molar-refractivity contribution in [1.29, 1.82) is 0 Å². The van der Waals surface area contributed by atoms with E-state index in [4.69, 9.17) is 5.73 Å². The number of rotatable bonds is 3. The molecule has 2 bridgehead atoms. The summed E-state index contributed by atoms with van der Waals surface area (Å²) in [5.74, 6) is 6.58. The summed E-state index contributed by atoms with van der Waals surface area (Å²) in [6.07, 6.45) is 4.35. The Labute approximate surface area is 148 Å². The van der Waals surface area contributed by atoms with Gasteiger partial charge < -0.3 is 10.6 Å². The summed E-state index contributed by atoms with van der Waals surface area (Å²) in [7, 11) is 0. The van der Waals surface area contributed by atoms with Crippen LogP contribution in [0.3, 0.4) is 0 Å². The molecule has 0 unspecified atom stereocenters. The maximum Gasteiger partial charge on any atom is 0.269 e. The van der Waals surface area contributed by atoms with Crippen LogP contribution in [-0.2, 0) is 0 Å². The number of carbonyl (C=O) groups is 1. The van der Waals surface area contributed by atoms with Crippen LogP contribution in [0, 0.1) is 17.8 Å². The average molecular weight is 336 g/mol. The molecule has 4 heterocycles. The fraction of sp³-hybridized carbons (Fsp3) is 0.500. The fourth-order valence-corrected chi connectivity index (χ4v) is 4.15. The SMILES string of the molecule is CCCC#Cc1ccc2c(C(N)=O)nn([C@H]3CN4CCC3CC4)c2c1. The maximum atomic E-state index is 11.9. The standard InChI is InChI=1S/C20H24N4O/c1-2-3-4-5-14-6-7-16-17(12-14)24(22-19(16)20(21)25)18-13-23-10-8-15(18)9-11-23/h6-7,12,15,18H,2-3,8-11,13H2,1H3,(H2,21,25)/t18-/m0/s1. The lowest BCUT2D eigenvalue weighted by atomic mass is 9.84. The lowest BCUT2D eigenvalue weighted by Gasteiger charge is -2.44. The van der Waals surface area contributed by atoms with Crippen molar-refractivity contribution in [3.05, 3.63) is 29.5 Å². The third kappa shape index (κ3) is 2.91. The Balaban J connectivity index is 1.80. The van der Waals surface area contributed by atoms with Crippen LogP contribution in [0.4, 0.5) is 0 Å². The molecule has 3 aliphatic rings. The molecule has 0 saturated carbocycles. The van der Waals surface area contributed by atoms with Gasteiger partial charge in [-0.1, -0.05) is 18.8 Å². The van der Waals surface area contributed by atoms with E-state index in [2.05, 4.69) is 39.5 Å². The number of piperidine rings is 3. The molecular weight excluding hydrogens is 312 g/mol. The second kappa shape index (κ2) is 6.53. The van der Waals surface area contributed by atoms with Gasteiger partial charge in [0.1, 0.15) is 0 Å². The Kier molecular flexibility index (Phi) is 4.22. The van der Waals surface area contributed by atoms with Gasteiger partial charge in [0.2, 0.25) is 0 Å². The van der Waals surface area contributed by atoms with Crippen molar-refractivity contribution in [1.82, 2.24) is 14.7 Å². The summed E-state index contributed by atoms with van der Waals surface area (Å²) < 4.78 is 2.05. The summed E-state index contributed by atoms with van der Waals surface area (Å²) in [6.45, 7) is 5.48. The lowest BCUT2D eigenvalue weighted by Crippen LogP contribution is -2.48. The lowest BCUT2D eigenvalue weighted by molar-refractivity contribution is 0.0531. The number of nitrogens with zero attached hydrogens (tertiary/aromatic N) is 3. The predicted octanol–water partition coefficient (Wildman–Crippen LogP) is 2.55. The zero-order valence-electron chi connectivity index (χ0n) is 14.7. The quantitative estimate of drug-likeness (QED) is 0.876. The number of hydrogen-bond donors (Lipinski definition) is 1. The van der Waals surface area contributed by atoms with E-state index in [0.717, 1.165) is 35.9 Å². The Hall–Kier alpha value is -2.32. The van der Waals surface area contributed by atoms with Crippen LogP contribution >= 0.6 is 0 Å². The molecule has 5 rings (SSSR count). The summed E-state index contributed by atoms with van der Waals surface area (Å²) in [6, 6.07) is 6.28. The summed E-state index contributed by atoms with van der Waals surface area (Å²) in [5, 5.41) is 5.47. The zero-order valence-corrected chi connectivity index (χ0v) is 14.7. The molecule has 1 aromatic carbocycles. The van der Waals surface area contributed by atoms with Gasteiger partial charge in [-0.25, -0.2) is 0 Å². The fourth-order valence-electron chi connectivity index (χ4n) is 4.15. The molecule has 0 radical (unpaired) electrons. The van der Waals surface area contributed by atoms with Crippen LogP contribution in [0.15, 0.2) is 18.2 Å². The first kappa shape index (κ1) is 16.2. The number of aromatic nitrogens is 2. The zero-order chi connectivity index (χ0) is 17.4. The van der Waals surface area contributed by atoms with Crippen LogP contribution in [0.2, 0.25) is 0 Å². The molecule has 0 spiro atoms. The van der Waals surface area contributed by atoms with E-state index in [1.807, 2.05) is 12.1 Å². The van der Waals surface area contributed by atoms with Crippen LogP contribution in [0.5, 0.6) is 0 Å². The normalized spacial score (nSPS) is 24.9. The summed E-state index contributed by atoms with van der Waals surface area (Å²) in [5.41, 5.74) is 7.91. The predicted molar refractivity (Wildman–Crippen MR) is 98.2 cm³/mol. The van der Waals surface area contributed by atoms with Gasteiger partial charge >= 0.3 is 0 Å². The average Bonchev–Trinajstić information content (AvgIpc) is 3.02. The highest BCUT2D eigenvalue weighted by Crippen LogP contribution is 2.37. The molecule has 130 valence electrons. The molecular formula is C20H24N4O. The van der Waals surface area contributed by atoms with Crippen molar-refractivity contribution in [2.75, 3.05) is 19.6 Å². The van der Waals surface area contributed by atoms with E-state index in [1.165, 1.54) is 25.9 Å². The smallest absolute Gasteiger partial charge is 0.269 e. The minimum atomic E-state index is -0.463. The van der Waals surface area contributed by atoms with E-state index in [1.54, 1.807) is 0 Å². The Morgan fingerprint density at radius 3 is 2.80 bits per heavy atom. The van der Waals surface area contributed by atoms with Gasteiger partial charge in [-0.2, -0.15) is 5.10 Å². The van der Waals surface area contributed by atoms with Crippen molar-refractivity contribution >= 4 is 16.8 Å². The van der Waals surface area contributed by atoms with Crippen LogP contribution in [0.1, 0.15) is 54.7 Å². The number of fused-ring (bicyclic) bond motifs is 4. The van der Waals surface area contributed by atoms with E-state index in [0.29, 0.717) is 17.7 Å². The Morgan fingerprint density at radius 1 is 1.36 bits per heavy atom. The number of primary amides is 1. The topological polar surface area (TPSA) is 64.2 Å². The number of amides is 1. The highest BCUT2D eigenvalue weighted by Gasteiger charge is 2.36. The third-order valence-corrected chi connectivity index (χ3v) is 5.48. The Bertz CT molecular complexity index is 865. The molecule has 1 aromatic heterocycles. The first-order valence-corrected chi connectivity index (χ1v) is 9.20. The molecule has 3 saturated heterocycles. The second-order valence-corrected chi connectivity index (χ2v) is 7.15. The monoisotopic (exact) mass is 336 g/mol. The molecule has 1 amide bonds. The van der Waals surface area contributed by atoms with Gasteiger partial charge in [0.25, 0.3) is 5.91 Å². The van der Waals surface area contributed by atoms with Crippen molar-refractivity contribution in [2.45, 2.75) is 38.6 Å². The van der Waals surface area contributed by atoms with E-state index < -0.39 is 5.91 Å². The van der Waals surface area contributed by atoms with Crippen molar-refractivity contribution in [3.63, 3.8) is 0 Å². The maximum absolute atomic E-state index is 11.9. The highest BCUT2D eigenvalue weighted by molar-refractivity contribution is 6.04.